The molecule has 2 N–H and O–H groups in total. The van der Waals surface area contributed by atoms with Crippen molar-refractivity contribution in [2.24, 2.45) is 5.73 Å². The Morgan fingerprint density at radius 3 is 2.33 bits per heavy atom. The van der Waals surface area contributed by atoms with Crippen LogP contribution in [0.4, 0.5) is 4.39 Å². The van der Waals surface area contributed by atoms with E-state index in [1.165, 1.54) is 17.7 Å². The molecule has 3 heteroatoms. The molecule has 2 rings (SSSR count). The number of aryl methyl sites for hydroxylation is 2. The van der Waals surface area contributed by atoms with Crippen LogP contribution in [0.1, 0.15) is 28.3 Å². The first-order chi connectivity index (χ1) is 8.49. The minimum absolute atomic E-state index is 0.249. The summed E-state index contributed by atoms with van der Waals surface area (Å²) in [4.78, 5) is 0. The van der Waals surface area contributed by atoms with Gasteiger partial charge in [-0.05, 0) is 42.7 Å². The number of rotatable bonds is 2. The predicted molar refractivity (Wildman–Crippen MR) is 76.0 cm³/mol. The number of nitrogens with two attached hydrogens (primary N) is 1. The summed E-state index contributed by atoms with van der Waals surface area (Å²) in [6, 6.07) is 10.5. The van der Waals surface area contributed by atoms with E-state index in [-0.39, 0.29) is 11.9 Å². The lowest BCUT2D eigenvalue weighted by atomic mass is 9.94. The SMILES string of the molecule is Cc1ccc(C(N)c2ccc(F)cc2Br)c(C)c1. The monoisotopic (exact) mass is 307 g/mol. The van der Waals surface area contributed by atoms with Gasteiger partial charge in [-0.15, -0.1) is 0 Å². The van der Waals surface area contributed by atoms with Gasteiger partial charge in [0, 0.05) is 4.47 Å². The van der Waals surface area contributed by atoms with Gasteiger partial charge in [0.25, 0.3) is 0 Å². The molecule has 1 nitrogen and oxygen atoms in total. The van der Waals surface area contributed by atoms with Crippen LogP contribution in [0.3, 0.4) is 0 Å². The van der Waals surface area contributed by atoms with Gasteiger partial charge in [-0.25, -0.2) is 4.39 Å². The van der Waals surface area contributed by atoms with E-state index in [0.717, 1.165) is 16.7 Å². The van der Waals surface area contributed by atoms with Crippen molar-refractivity contribution in [3.63, 3.8) is 0 Å². The fourth-order valence-corrected chi connectivity index (χ4v) is 2.69. The van der Waals surface area contributed by atoms with Crippen molar-refractivity contribution in [1.29, 1.82) is 0 Å². The molecule has 0 aliphatic carbocycles. The molecule has 0 aliphatic heterocycles. The number of hydrogen-bond acceptors (Lipinski definition) is 1. The summed E-state index contributed by atoms with van der Waals surface area (Å²) in [5.41, 5.74) is 10.6. The molecule has 0 aliphatic rings. The number of halogens is 2. The molecule has 0 bridgehead atoms. The lowest BCUT2D eigenvalue weighted by Gasteiger charge is -2.17. The van der Waals surface area contributed by atoms with Gasteiger partial charge >= 0.3 is 0 Å². The summed E-state index contributed by atoms with van der Waals surface area (Å²) in [6.07, 6.45) is 0. The van der Waals surface area contributed by atoms with Gasteiger partial charge < -0.3 is 5.73 Å². The van der Waals surface area contributed by atoms with Crippen molar-refractivity contribution in [2.75, 3.05) is 0 Å². The lowest BCUT2D eigenvalue weighted by molar-refractivity contribution is 0.625. The van der Waals surface area contributed by atoms with Crippen LogP contribution in [-0.2, 0) is 0 Å². The first-order valence-electron chi connectivity index (χ1n) is 5.76. The molecule has 0 fully saturated rings. The molecule has 2 aromatic carbocycles. The van der Waals surface area contributed by atoms with E-state index in [9.17, 15) is 4.39 Å². The summed E-state index contributed by atoms with van der Waals surface area (Å²) in [7, 11) is 0. The molecule has 0 aromatic heterocycles. The fraction of sp³-hybridized carbons (Fsp3) is 0.200. The molecule has 0 spiro atoms. The summed E-state index contributed by atoms with van der Waals surface area (Å²) in [5.74, 6) is -0.265. The standard InChI is InChI=1S/C15H15BrFN/c1-9-3-5-12(10(2)7-9)15(18)13-6-4-11(17)8-14(13)16/h3-8,15H,18H2,1-2H3. The van der Waals surface area contributed by atoms with E-state index >= 15 is 0 Å². The highest BCUT2D eigenvalue weighted by Gasteiger charge is 2.14. The zero-order valence-electron chi connectivity index (χ0n) is 10.4. The molecule has 2 aromatic rings. The Balaban J connectivity index is 2.44. The van der Waals surface area contributed by atoms with Gasteiger partial charge in [0.1, 0.15) is 5.82 Å². The van der Waals surface area contributed by atoms with Crippen molar-refractivity contribution >= 4 is 15.9 Å². The smallest absolute Gasteiger partial charge is 0.124 e. The van der Waals surface area contributed by atoms with Crippen molar-refractivity contribution in [3.05, 3.63) is 68.9 Å². The number of benzene rings is 2. The van der Waals surface area contributed by atoms with E-state index < -0.39 is 0 Å². The highest BCUT2D eigenvalue weighted by molar-refractivity contribution is 9.10. The molecular formula is C15H15BrFN. The van der Waals surface area contributed by atoms with E-state index in [4.69, 9.17) is 5.73 Å². The van der Waals surface area contributed by atoms with Gasteiger partial charge in [-0.2, -0.15) is 0 Å². The Kier molecular flexibility index (Phi) is 3.83. The third-order valence-electron chi connectivity index (χ3n) is 3.06. The van der Waals surface area contributed by atoms with Gasteiger partial charge in [0.2, 0.25) is 0 Å². The molecule has 0 saturated carbocycles. The quantitative estimate of drug-likeness (QED) is 0.881. The summed E-state index contributed by atoms with van der Waals surface area (Å²) >= 11 is 3.36. The molecule has 0 saturated heterocycles. The van der Waals surface area contributed by atoms with Crippen LogP contribution < -0.4 is 5.73 Å². The lowest BCUT2D eigenvalue weighted by Crippen LogP contribution is -2.14. The van der Waals surface area contributed by atoms with E-state index in [1.54, 1.807) is 6.07 Å². The normalized spacial score (nSPS) is 12.5. The fourth-order valence-electron chi connectivity index (χ4n) is 2.10. The van der Waals surface area contributed by atoms with Crippen molar-refractivity contribution in [3.8, 4) is 0 Å². The van der Waals surface area contributed by atoms with Crippen molar-refractivity contribution in [1.82, 2.24) is 0 Å². The van der Waals surface area contributed by atoms with E-state index in [2.05, 4.69) is 28.9 Å². The topological polar surface area (TPSA) is 26.0 Å². The van der Waals surface area contributed by atoms with Crippen LogP contribution in [0.2, 0.25) is 0 Å². The molecule has 1 atom stereocenters. The second-order valence-electron chi connectivity index (χ2n) is 4.50. The zero-order chi connectivity index (χ0) is 13.3. The molecule has 0 amide bonds. The van der Waals surface area contributed by atoms with E-state index in [1.807, 2.05) is 19.1 Å². The average Bonchev–Trinajstić information content (AvgIpc) is 2.28. The van der Waals surface area contributed by atoms with Gasteiger partial charge in [-0.3, -0.25) is 0 Å². The minimum atomic E-state index is -0.265. The Bertz CT molecular complexity index is 529. The highest BCUT2D eigenvalue weighted by Crippen LogP contribution is 2.29. The summed E-state index contributed by atoms with van der Waals surface area (Å²) in [5, 5.41) is 0. The molecular weight excluding hydrogens is 293 g/mol. The minimum Gasteiger partial charge on any atom is -0.320 e. The molecule has 0 heterocycles. The maximum absolute atomic E-state index is 13.1. The maximum Gasteiger partial charge on any atom is 0.124 e. The number of hydrogen-bond donors (Lipinski definition) is 1. The highest BCUT2D eigenvalue weighted by atomic mass is 79.9. The van der Waals surface area contributed by atoms with Crippen LogP contribution in [0, 0.1) is 19.7 Å². The van der Waals surface area contributed by atoms with Crippen LogP contribution >= 0.6 is 15.9 Å². The zero-order valence-corrected chi connectivity index (χ0v) is 12.0. The molecule has 94 valence electrons. The van der Waals surface area contributed by atoms with Crippen LogP contribution in [0.15, 0.2) is 40.9 Å². The van der Waals surface area contributed by atoms with Gasteiger partial charge in [0.05, 0.1) is 6.04 Å². The predicted octanol–water partition coefficient (Wildman–Crippen LogP) is 4.25. The molecule has 18 heavy (non-hydrogen) atoms. The second kappa shape index (κ2) is 5.21. The Hall–Kier alpha value is -1.19. The van der Waals surface area contributed by atoms with Crippen molar-refractivity contribution < 1.29 is 4.39 Å². The largest absolute Gasteiger partial charge is 0.320 e. The second-order valence-corrected chi connectivity index (χ2v) is 5.36. The summed E-state index contributed by atoms with van der Waals surface area (Å²) in [6.45, 7) is 4.09. The van der Waals surface area contributed by atoms with Gasteiger partial charge in [0.15, 0.2) is 0 Å². The van der Waals surface area contributed by atoms with Crippen molar-refractivity contribution in [2.45, 2.75) is 19.9 Å². The Morgan fingerprint density at radius 1 is 1.06 bits per heavy atom. The van der Waals surface area contributed by atoms with Gasteiger partial charge in [-0.1, -0.05) is 45.8 Å². The average molecular weight is 308 g/mol. The third-order valence-corrected chi connectivity index (χ3v) is 3.74. The van der Waals surface area contributed by atoms with Crippen LogP contribution in [0.25, 0.3) is 0 Å². The van der Waals surface area contributed by atoms with Crippen LogP contribution in [-0.4, -0.2) is 0 Å². The maximum atomic E-state index is 13.1. The summed E-state index contributed by atoms with van der Waals surface area (Å²) < 4.78 is 13.8. The van der Waals surface area contributed by atoms with E-state index in [0.29, 0.717) is 4.47 Å². The first kappa shape index (κ1) is 13.2. The molecule has 1 unspecified atom stereocenters. The third kappa shape index (κ3) is 2.62. The molecule has 0 radical (unpaired) electrons. The Morgan fingerprint density at radius 2 is 1.72 bits per heavy atom. The van der Waals surface area contributed by atoms with Crippen LogP contribution in [0.5, 0.6) is 0 Å². The Labute approximate surface area is 115 Å². The first-order valence-corrected chi connectivity index (χ1v) is 6.56.